The van der Waals surface area contributed by atoms with Gasteiger partial charge >= 0.3 is 0 Å². The normalized spacial score (nSPS) is 49.8. The molecule has 3 N–H and O–H groups in total. The van der Waals surface area contributed by atoms with Crippen molar-refractivity contribution in [1.29, 1.82) is 0 Å². The van der Waals surface area contributed by atoms with Crippen molar-refractivity contribution >= 4 is 0 Å². The molecule has 0 radical (unpaired) electrons. The Morgan fingerprint density at radius 3 is 2.95 bits per heavy atom. The van der Waals surface area contributed by atoms with E-state index in [1.54, 1.807) is 0 Å². The van der Waals surface area contributed by atoms with Crippen LogP contribution in [0.1, 0.15) is 39.0 Å². The molecule has 5 unspecified atom stereocenters. The predicted molar refractivity (Wildman–Crippen MR) is 81.1 cm³/mol. The van der Waals surface area contributed by atoms with Crippen LogP contribution in [0, 0.1) is 29.1 Å². The fraction of sp³-hybridized carbons (Fsp3) is 0.667. The van der Waals surface area contributed by atoms with Gasteiger partial charge in [0.25, 0.3) is 0 Å². The van der Waals surface area contributed by atoms with Gasteiger partial charge in [0.1, 0.15) is 5.76 Å². The fourth-order valence-corrected chi connectivity index (χ4v) is 5.63. The summed E-state index contributed by atoms with van der Waals surface area (Å²) in [5.41, 5.74) is 8.15. The van der Waals surface area contributed by atoms with Crippen molar-refractivity contribution in [3.05, 3.63) is 35.6 Å². The Labute approximate surface area is 121 Å². The van der Waals surface area contributed by atoms with E-state index in [9.17, 15) is 5.11 Å². The quantitative estimate of drug-likeness (QED) is 0.705. The van der Waals surface area contributed by atoms with Crippen LogP contribution < -0.4 is 5.73 Å². The summed E-state index contributed by atoms with van der Waals surface area (Å²) in [6, 6.07) is 0.407. The summed E-state index contributed by atoms with van der Waals surface area (Å²) in [6.45, 7) is 2.44. The van der Waals surface area contributed by atoms with E-state index in [1.165, 1.54) is 37.7 Å². The van der Waals surface area contributed by atoms with Crippen LogP contribution in [0.2, 0.25) is 0 Å². The second kappa shape index (κ2) is 4.24. The molecule has 4 aliphatic carbocycles. The minimum Gasteiger partial charge on any atom is -0.508 e. The highest BCUT2D eigenvalue weighted by atomic mass is 16.3. The molecule has 6 atom stereocenters. The molecule has 0 amide bonds. The summed E-state index contributed by atoms with van der Waals surface area (Å²) in [4.78, 5) is 0. The van der Waals surface area contributed by atoms with E-state index >= 15 is 0 Å². The maximum atomic E-state index is 9.69. The highest BCUT2D eigenvalue weighted by Crippen LogP contribution is 2.60. The molecule has 0 aromatic carbocycles. The molecule has 2 fully saturated rings. The van der Waals surface area contributed by atoms with E-state index in [0.717, 1.165) is 17.8 Å². The van der Waals surface area contributed by atoms with Crippen molar-refractivity contribution in [2.75, 3.05) is 0 Å². The molecule has 2 saturated carbocycles. The minimum absolute atomic E-state index is 0.378. The van der Waals surface area contributed by atoms with Crippen LogP contribution in [-0.4, -0.2) is 11.1 Å². The Hall–Kier alpha value is -1.02. The number of hydrogen-bond donors (Lipinski definition) is 2. The van der Waals surface area contributed by atoms with Gasteiger partial charge in [0.15, 0.2) is 0 Å². The Morgan fingerprint density at radius 2 is 2.10 bits per heavy atom. The first-order valence-corrected chi connectivity index (χ1v) is 8.14. The van der Waals surface area contributed by atoms with Gasteiger partial charge in [0.2, 0.25) is 0 Å². The molecule has 20 heavy (non-hydrogen) atoms. The number of fused-ring (bicyclic) bond motifs is 5. The molecular weight excluding hydrogens is 246 g/mol. The molecule has 0 aromatic heterocycles. The lowest BCUT2D eigenvalue weighted by Crippen LogP contribution is -2.48. The lowest BCUT2D eigenvalue weighted by atomic mass is 9.53. The number of aliphatic hydroxyl groups excluding tert-OH is 1. The smallest absolute Gasteiger partial charge is 0.115 e. The maximum Gasteiger partial charge on any atom is 0.115 e. The van der Waals surface area contributed by atoms with Crippen molar-refractivity contribution in [1.82, 2.24) is 0 Å². The van der Waals surface area contributed by atoms with E-state index < -0.39 is 0 Å². The zero-order valence-electron chi connectivity index (χ0n) is 12.3. The molecule has 0 aliphatic heterocycles. The monoisotopic (exact) mass is 271 g/mol. The molecule has 2 nitrogen and oxygen atoms in total. The number of hydrogen-bond acceptors (Lipinski definition) is 2. The fourth-order valence-electron chi connectivity index (χ4n) is 5.63. The van der Waals surface area contributed by atoms with E-state index in [1.807, 2.05) is 12.2 Å². The lowest BCUT2D eigenvalue weighted by Gasteiger charge is -2.51. The van der Waals surface area contributed by atoms with Crippen LogP contribution in [0.25, 0.3) is 0 Å². The summed E-state index contributed by atoms with van der Waals surface area (Å²) in [5, 5.41) is 9.69. The molecule has 0 bridgehead atoms. The second-order valence-corrected chi connectivity index (χ2v) is 7.56. The SMILES string of the molecule is C[C@]12CCC3C4C=CC(O)=CC4=CCC3C1CCC2N. The summed E-state index contributed by atoms with van der Waals surface area (Å²) < 4.78 is 0. The van der Waals surface area contributed by atoms with Crippen molar-refractivity contribution in [2.24, 2.45) is 34.8 Å². The summed E-state index contributed by atoms with van der Waals surface area (Å²) >= 11 is 0. The molecule has 2 heteroatoms. The van der Waals surface area contributed by atoms with Gasteiger partial charge in [-0.2, -0.15) is 0 Å². The Morgan fingerprint density at radius 1 is 1.25 bits per heavy atom. The molecule has 0 heterocycles. The van der Waals surface area contributed by atoms with Crippen LogP contribution in [0.4, 0.5) is 0 Å². The van der Waals surface area contributed by atoms with Gasteiger partial charge in [-0.1, -0.05) is 19.1 Å². The molecule has 4 rings (SSSR count). The van der Waals surface area contributed by atoms with Crippen molar-refractivity contribution < 1.29 is 5.11 Å². The third-order valence-corrected chi connectivity index (χ3v) is 6.83. The average molecular weight is 271 g/mol. The molecule has 0 saturated heterocycles. The van der Waals surface area contributed by atoms with Crippen LogP contribution in [0.5, 0.6) is 0 Å². The van der Waals surface area contributed by atoms with Crippen molar-refractivity contribution in [2.45, 2.75) is 45.1 Å². The first kappa shape index (κ1) is 12.7. The predicted octanol–water partition coefficient (Wildman–Crippen LogP) is 3.71. The zero-order valence-corrected chi connectivity index (χ0v) is 12.3. The number of rotatable bonds is 0. The molecule has 0 aromatic rings. The van der Waals surface area contributed by atoms with E-state index in [0.29, 0.717) is 23.1 Å². The minimum atomic E-state index is 0.378. The Bertz CT molecular complexity index is 518. The maximum absolute atomic E-state index is 9.69. The summed E-state index contributed by atoms with van der Waals surface area (Å²) in [7, 11) is 0. The highest BCUT2D eigenvalue weighted by molar-refractivity contribution is 5.38. The third-order valence-electron chi connectivity index (χ3n) is 6.83. The van der Waals surface area contributed by atoms with Crippen LogP contribution >= 0.6 is 0 Å². The third kappa shape index (κ3) is 1.60. The molecule has 4 aliphatic rings. The van der Waals surface area contributed by atoms with Gasteiger partial charge in [-0.25, -0.2) is 0 Å². The van der Waals surface area contributed by atoms with Gasteiger partial charge in [-0.15, -0.1) is 0 Å². The summed E-state index contributed by atoms with van der Waals surface area (Å²) in [5.74, 6) is 3.32. The van der Waals surface area contributed by atoms with E-state index in [4.69, 9.17) is 5.73 Å². The summed E-state index contributed by atoms with van der Waals surface area (Å²) in [6.07, 6.45) is 14.8. The van der Waals surface area contributed by atoms with Crippen LogP contribution in [0.3, 0.4) is 0 Å². The molecule has 108 valence electrons. The van der Waals surface area contributed by atoms with Crippen molar-refractivity contribution in [3.63, 3.8) is 0 Å². The van der Waals surface area contributed by atoms with Gasteiger partial charge in [0, 0.05) is 12.0 Å². The van der Waals surface area contributed by atoms with Crippen molar-refractivity contribution in [3.8, 4) is 0 Å². The topological polar surface area (TPSA) is 46.2 Å². The Kier molecular flexibility index (Phi) is 2.69. The highest BCUT2D eigenvalue weighted by Gasteiger charge is 2.54. The second-order valence-electron chi connectivity index (χ2n) is 7.56. The van der Waals surface area contributed by atoms with Crippen LogP contribution in [0.15, 0.2) is 35.6 Å². The average Bonchev–Trinajstić information content (AvgIpc) is 2.74. The Balaban J connectivity index is 1.68. The zero-order chi connectivity index (χ0) is 13.9. The van der Waals surface area contributed by atoms with Gasteiger partial charge in [0.05, 0.1) is 0 Å². The van der Waals surface area contributed by atoms with Gasteiger partial charge in [-0.3, -0.25) is 0 Å². The number of aliphatic hydroxyl groups is 1. The van der Waals surface area contributed by atoms with Gasteiger partial charge in [-0.05, 0) is 73.0 Å². The number of nitrogens with two attached hydrogens (primary N) is 1. The molecular formula is C18H25NO. The first-order chi connectivity index (χ1) is 9.59. The number of allylic oxidation sites excluding steroid dienone is 5. The molecule has 0 spiro atoms. The van der Waals surface area contributed by atoms with Crippen LogP contribution in [-0.2, 0) is 0 Å². The first-order valence-electron chi connectivity index (χ1n) is 8.14. The van der Waals surface area contributed by atoms with E-state index in [-0.39, 0.29) is 0 Å². The standard InChI is InChI=1S/C18H25NO/c1-18-9-8-14-13-5-3-12(20)10-11(13)2-4-15(14)16(18)6-7-17(18)19/h2-3,5,10,13-17,20H,4,6-9,19H2,1H3/t13?,14?,15?,16?,17?,18-/m0/s1. The largest absolute Gasteiger partial charge is 0.508 e. The van der Waals surface area contributed by atoms with E-state index in [2.05, 4.69) is 19.1 Å². The lowest BCUT2D eigenvalue weighted by molar-refractivity contribution is 0.0165. The van der Waals surface area contributed by atoms with Gasteiger partial charge < -0.3 is 10.8 Å².